The molecule has 10 nitrogen and oxygen atoms in total. The maximum Gasteiger partial charge on any atom is 0.524 e. The zero-order valence-electron chi connectivity index (χ0n) is 31.4. The lowest BCUT2D eigenvalue weighted by Crippen LogP contribution is -2.61. The molecule has 18 unspecified atom stereocenters. The van der Waals surface area contributed by atoms with Crippen LogP contribution in [-0.4, -0.2) is 106 Å². The normalized spacial score (nSPS) is 53.2. The first-order valence-corrected chi connectivity index (χ1v) is 19.2. The Morgan fingerprint density at radius 1 is 0.882 bits per heavy atom. The minimum atomic E-state index is -4.90. The Kier molecular flexibility index (Phi) is 9.24. The van der Waals surface area contributed by atoms with Gasteiger partial charge in [-0.2, -0.15) is 0 Å². The summed E-state index contributed by atoms with van der Waals surface area (Å²) in [4.78, 5) is 0. The van der Waals surface area contributed by atoms with E-state index in [1.165, 1.54) is 13.8 Å². The van der Waals surface area contributed by atoms with E-state index in [4.69, 9.17) is 18.9 Å². The number of aliphatic hydroxyl groups is 5. The van der Waals surface area contributed by atoms with Crippen molar-refractivity contribution in [3.05, 3.63) is 0 Å². The van der Waals surface area contributed by atoms with Gasteiger partial charge in [-0.3, -0.25) is 4.74 Å². The van der Waals surface area contributed by atoms with Crippen LogP contribution in [-0.2, 0) is 23.7 Å². The molecule has 7 aliphatic rings. The van der Waals surface area contributed by atoms with Crippen LogP contribution in [0.1, 0.15) is 107 Å². The van der Waals surface area contributed by atoms with Crippen molar-refractivity contribution in [2.75, 3.05) is 6.61 Å². The zero-order chi connectivity index (χ0) is 37.5. The fraction of sp³-hybridized carbons (Fsp3) is 1.00. The molecule has 294 valence electrons. The first kappa shape index (κ1) is 38.7. The van der Waals surface area contributed by atoms with Crippen LogP contribution < -0.4 is 0 Å². The number of fused-ring (bicyclic) bond motifs is 4. The fourth-order valence-corrected chi connectivity index (χ4v) is 13.9. The Hall–Kier alpha value is -0.610. The third-order valence-corrected chi connectivity index (χ3v) is 16.2. The minimum absolute atomic E-state index is 0.0289. The molecule has 0 bridgehead atoms. The van der Waals surface area contributed by atoms with Crippen molar-refractivity contribution >= 4 is 0 Å². The highest BCUT2D eigenvalue weighted by Crippen LogP contribution is 2.89. The van der Waals surface area contributed by atoms with Gasteiger partial charge in [0.15, 0.2) is 12.6 Å². The van der Waals surface area contributed by atoms with Gasteiger partial charge in [0, 0.05) is 5.41 Å². The standard InChI is InChI=1S/C38H61F3O10/c1-18-15-21(30(33(5,6)46)48-19(2)51-38(39,40)41)49-28-25(18)34(7)13-14-37-17-36(37)12-11-24(50-31-27(44)26(43)20(42)16-47-31)32(3,4)22(36)9-10-23(37)35(34,8)29(28)45/h18-31,42-46H,9-17H2,1-8H3. The summed E-state index contributed by atoms with van der Waals surface area (Å²) in [5.41, 5.74) is -2.32. The summed E-state index contributed by atoms with van der Waals surface area (Å²) >= 11 is 0. The Labute approximate surface area is 299 Å². The summed E-state index contributed by atoms with van der Waals surface area (Å²) in [5.74, 6) is 0.700. The van der Waals surface area contributed by atoms with E-state index in [0.29, 0.717) is 12.3 Å². The lowest BCUT2D eigenvalue weighted by molar-refractivity contribution is -0.389. The Bertz CT molecular complexity index is 1330. The molecule has 5 N–H and O–H groups in total. The lowest BCUT2D eigenvalue weighted by atomic mass is 9.41. The average molecular weight is 735 g/mol. The molecule has 5 aliphatic carbocycles. The van der Waals surface area contributed by atoms with Gasteiger partial charge in [0.05, 0.1) is 36.6 Å². The number of alkyl halides is 3. The average Bonchev–Trinajstić information content (AvgIpc) is 3.64. The summed E-state index contributed by atoms with van der Waals surface area (Å²) in [6.45, 7) is 15.3. The molecular weight excluding hydrogens is 673 g/mol. The van der Waals surface area contributed by atoms with E-state index in [-0.39, 0.29) is 52.1 Å². The highest BCUT2D eigenvalue weighted by atomic mass is 19.4. The van der Waals surface area contributed by atoms with Crippen LogP contribution in [0.3, 0.4) is 0 Å². The third kappa shape index (κ3) is 5.55. The minimum Gasteiger partial charge on any atom is -0.390 e. The quantitative estimate of drug-likeness (QED) is 0.185. The molecule has 5 saturated carbocycles. The molecule has 0 aromatic carbocycles. The van der Waals surface area contributed by atoms with Gasteiger partial charge in [-0.1, -0.05) is 34.6 Å². The number of ether oxygens (including phenoxy) is 5. The van der Waals surface area contributed by atoms with Gasteiger partial charge in [-0.15, -0.1) is 13.2 Å². The van der Waals surface area contributed by atoms with E-state index in [1.807, 2.05) is 0 Å². The molecule has 7 fully saturated rings. The van der Waals surface area contributed by atoms with Gasteiger partial charge in [-0.05, 0) is 117 Å². The van der Waals surface area contributed by atoms with Gasteiger partial charge < -0.3 is 44.5 Å². The van der Waals surface area contributed by atoms with E-state index >= 15 is 0 Å². The van der Waals surface area contributed by atoms with Gasteiger partial charge in [0.25, 0.3) is 0 Å². The molecule has 51 heavy (non-hydrogen) atoms. The molecule has 2 aliphatic heterocycles. The van der Waals surface area contributed by atoms with Crippen LogP contribution in [0, 0.1) is 50.7 Å². The number of rotatable bonds is 7. The van der Waals surface area contributed by atoms with E-state index < -0.39 is 72.7 Å². The number of hydrogen-bond donors (Lipinski definition) is 5. The Morgan fingerprint density at radius 2 is 1.53 bits per heavy atom. The lowest BCUT2D eigenvalue weighted by Gasteiger charge is -2.64. The predicted octanol–water partition coefficient (Wildman–Crippen LogP) is 4.66. The number of hydrogen-bond acceptors (Lipinski definition) is 10. The van der Waals surface area contributed by atoms with Gasteiger partial charge in [-0.25, -0.2) is 0 Å². The van der Waals surface area contributed by atoms with Crippen LogP contribution in [0.15, 0.2) is 0 Å². The van der Waals surface area contributed by atoms with Crippen LogP contribution in [0.4, 0.5) is 13.2 Å². The van der Waals surface area contributed by atoms with Gasteiger partial charge in [0.2, 0.25) is 0 Å². The second-order valence-corrected chi connectivity index (χ2v) is 19.3. The SMILES string of the molecule is CC(OC(C1CC(C)C2C(O1)C(O)C1(C)C3CCC4C(C)(C)C(OC5OCC(O)C(O)C5O)CCC45CC35CCC21C)C(C)(C)O)OC(F)(F)F. The van der Waals surface area contributed by atoms with Crippen molar-refractivity contribution in [3.63, 3.8) is 0 Å². The van der Waals surface area contributed by atoms with E-state index in [1.54, 1.807) is 0 Å². The van der Waals surface area contributed by atoms with Crippen molar-refractivity contribution in [2.45, 2.75) is 180 Å². The maximum atomic E-state index is 13.0. The molecule has 13 heteroatoms. The molecule has 2 heterocycles. The van der Waals surface area contributed by atoms with Crippen LogP contribution >= 0.6 is 0 Å². The highest BCUT2D eigenvalue weighted by Gasteiger charge is 2.84. The number of halogens is 3. The first-order chi connectivity index (χ1) is 23.4. The Morgan fingerprint density at radius 3 is 2.18 bits per heavy atom. The molecule has 2 saturated heterocycles. The monoisotopic (exact) mass is 734 g/mol. The summed E-state index contributed by atoms with van der Waals surface area (Å²) in [7, 11) is 0. The fourth-order valence-electron chi connectivity index (χ4n) is 13.9. The first-order valence-electron chi connectivity index (χ1n) is 19.2. The largest absolute Gasteiger partial charge is 0.524 e. The summed E-state index contributed by atoms with van der Waals surface area (Å²) in [6.07, 6.45) is -7.59. The molecule has 0 aromatic heterocycles. The molecular formula is C38H61F3O10. The van der Waals surface area contributed by atoms with Crippen molar-refractivity contribution in [1.82, 2.24) is 0 Å². The topological polar surface area (TPSA) is 147 Å². The highest BCUT2D eigenvalue weighted by molar-refractivity contribution is 5.33. The van der Waals surface area contributed by atoms with Crippen LogP contribution in [0.2, 0.25) is 0 Å². The van der Waals surface area contributed by atoms with E-state index in [0.717, 1.165) is 51.9 Å². The predicted molar refractivity (Wildman–Crippen MR) is 177 cm³/mol. The van der Waals surface area contributed by atoms with E-state index in [9.17, 15) is 38.7 Å². The number of aliphatic hydroxyl groups excluding tert-OH is 4. The van der Waals surface area contributed by atoms with Crippen LogP contribution in [0.5, 0.6) is 0 Å². The summed E-state index contributed by atoms with van der Waals surface area (Å²) < 4.78 is 67.8. The smallest absolute Gasteiger partial charge is 0.390 e. The molecule has 0 aromatic rings. The molecule has 0 radical (unpaired) electrons. The van der Waals surface area contributed by atoms with Crippen molar-refractivity contribution < 1.29 is 62.4 Å². The summed E-state index contributed by atoms with van der Waals surface area (Å²) in [6, 6.07) is 0. The zero-order valence-corrected chi connectivity index (χ0v) is 31.4. The van der Waals surface area contributed by atoms with Crippen molar-refractivity contribution in [2.24, 2.45) is 50.7 Å². The molecule has 7 rings (SSSR count). The molecule has 2 spiro atoms. The second-order valence-electron chi connectivity index (χ2n) is 19.3. The third-order valence-electron chi connectivity index (χ3n) is 16.2. The van der Waals surface area contributed by atoms with Crippen molar-refractivity contribution in [1.29, 1.82) is 0 Å². The van der Waals surface area contributed by atoms with Gasteiger partial charge in [0.1, 0.15) is 24.4 Å². The van der Waals surface area contributed by atoms with Gasteiger partial charge >= 0.3 is 6.36 Å². The Balaban J connectivity index is 1.12. The second kappa shape index (κ2) is 12.2. The van der Waals surface area contributed by atoms with Crippen LogP contribution in [0.25, 0.3) is 0 Å². The molecule has 0 amide bonds. The molecule has 18 atom stereocenters. The van der Waals surface area contributed by atoms with Crippen molar-refractivity contribution in [3.8, 4) is 0 Å². The maximum absolute atomic E-state index is 13.0. The summed E-state index contributed by atoms with van der Waals surface area (Å²) in [5, 5.41) is 54.5. The van der Waals surface area contributed by atoms with E-state index in [2.05, 4.69) is 39.4 Å².